The zero-order valence-electron chi connectivity index (χ0n) is 22.9. The number of thiazole rings is 1. The SMILES string of the molecule is C#C.CC(C)(C)O.Cc1cc2nc(-c3ccnc(C4=CCOCC4)n3)sc2c(-c2ccc(Cl)cc2)c1CC(=O)O. The third-order valence-corrected chi connectivity index (χ3v) is 6.96. The number of aliphatic carboxylic acids is 1. The molecule has 0 atom stereocenters. The Morgan fingerprint density at radius 3 is 2.42 bits per heavy atom. The lowest BCUT2D eigenvalue weighted by Crippen LogP contribution is -2.10. The van der Waals surface area contributed by atoms with Gasteiger partial charge in [0.1, 0.15) is 10.7 Å². The van der Waals surface area contributed by atoms with Crippen molar-refractivity contribution in [1.82, 2.24) is 15.0 Å². The highest BCUT2D eigenvalue weighted by atomic mass is 35.5. The highest BCUT2D eigenvalue weighted by Gasteiger charge is 2.20. The highest BCUT2D eigenvalue weighted by molar-refractivity contribution is 7.22. The van der Waals surface area contributed by atoms with Gasteiger partial charge >= 0.3 is 5.97 Å². The molecule has 2 aromatic heterocycles. The van der Waals surface area contributed by atoms with Crippen molar-refractivity contribution in [2.24, 2.45) is 0 Å². The van der Waals surface area contributed by atoms with Crippen molar-refractivity contribution in [2.45, 2.75) is 46.1 Å². The number of nitrogens with zero attached hydrogens (tertiary/aromatic N) is 3. The molecule has 208 valence electrons. The second kappa shape index (κ2) is 13.6. The van der Waals surface area contributed by atoms with Gasteiger partial charge in [0.2, 0.25) is 0 Å². The molecule has 0 bridgehead atoms. The number of ether oxygens (including phenoxy) is 1. The van der Waals surface area contributed by atoms with Crippen LogP contribution in [0.15, 0.2) is 48.7 Å². The maximum absolute atomic E-state index is 11.6. The van der Waals surface area contributed by atoms with Gasteiger partial charge in [0.25, 0.3) is 0 Å². The number of aryl methyl sites for hydroxylation is 1. The number of hydrogen-bond donors (Lipinski definition) is 2. The largest absolute Gasteiger partial charge is 0.481 e. The van der Waals surface area contributed by atoms with Gasteiger partial charge in [-0.05, 0) is 80.6 Å². The molecule has 1 aliphatic heterocycles. The van der Waals surface area contributed by atoms with Gasteiger partial charge in [-0.1, -0.05) is 29.8 Å². The summed E-state index contributed by atoms with van der Waals surface area (Å²) in [5.74, 6) is -0.182. The van der Waals surface area contributed by atoms with Gasteiger partial charge in [0.15, 0.2) is 5.82 Å². The van der Waals surface area contributed by atoms with E-state index in [4.69, 9.17) is 31.4 Å². The van der Waals surface area contributed by atoms with Crippen LogP contribution >= 0.6 is 22.9 Å². The van der Waals surface area contributed by atoms with Crippen LogP contribution in [0.25, 0.3) is 37.6 Å². The molecule has 0 fully saturated rings. The Labute approximate surface area is 243 Å². The third kappa shape index (κ3) is 8.20. The molecule has 2 aromatic carbocycles. The van der Waals surface area contributed by atoms with Gasteiger partial charge < -0.3 is 14.9 Å². The lowest BCUT2D eigenvalue weighted by atomic mass is 9.93. The highest BCUT2D eigenvalue weighted by Crippen LogP contribution is 2.40. The minimum absolute atomic E-state index is 0.0686. The standard InChI is InChI=1S/C25H20ClN3O3S.C4H10O.C2H2/c1-14-12-20-23(22(18(14)13-21(30)31)15-2-4-17(26)5-3-15)33-25(29-20)19-6-9-27-24(28-19)16-7-10-32-11-8-16;1-4(2,3)5;1-2/h2-7,9,12H,8,10-11,13H2,1H3,(H,30,31);5H,1-3H3;1-2H. The van der Waals surface area contributed by atoms with Crippen molar-refractivity contribution >= 4 is 44.7 Å². The minimum atomic E-state index is -0.873. The Morgan fingerprint density at radius 2 is 1.82 bits per heavy atom. The van der Waals surface area contributed by atoms with Crippen LogP contribution in [-0.2, 0) is 16.0 Å². The van der Waals surface area contributed by atoms with Crippen molar-refractivity contribution in [2.75, 3.05) is 13.2 Å². The monoisotopic (exact) mass is 577 g/mol. The van der Waals surface area contributed by atoms with E-state index in [9.17, 15) is 9.90 Å². The molecule has 0 unspecified atom stereocenters. The topological polar surface area (TPSA) is 105 Å². The molecule has 0 aliphatic carbocycles. The molecule has 2 N–H and O–H groups in total. The molecule has 0 spiro atoms. The van der Waals surface area contributed by atoms with Crippen molar-refractivity contribution in [3.05, 3.63) is 70.6 Å². The van der Waals surface area contributed by atoms with E-state index in [0.717, 1.165) is 55.2 Å². The molecular weight excluding hydrogens is 546 g/mol. The summed E-state index contributed by atoms with van der Waals surface area (Å²) in [7, 11) is 0. The van der Waals surface area contributed by atoms with E-state index in [1.807, 2.05) is 49.4 Å². The molecule has 5 rings (SSSR count). The van der Waals surface area contributed by atoms with E-state index in [2.05, 4.69) is 17.8 Å². The number of carbonyl (C=O) groups is 1. The Balaban J connectivity index is 0.000000570. The number of carboxylic acid groups (broad SMARTS) is 1. The van der Waals surface area contributed by atoms with Crippen LogP contribution in [0.1, 0.15) is 44.1 Å². The fourth-order valence-corrected chi connectivity index (χ4v) is 5.24. The predicted octanol–water partition coefficient (Wildman–Crippen LogP) is 6.84. The zero-order valence-corrected chi connectivity index (χ0v) is 24.5. The molecule has 7 nitrogen and oxygen atoms in total. The van der Waals surface area contributed by atoms with Gasteiger partial charge in [0, 0.05) is 16.8 Å². The molecule has 9 heteroatoms. The van der Waals surface area contributed by atoms with E-state index in [0.29, 0.717) is 24.1 Å². The normalized spacial score (nSPS) is 12.9. The summed E-state index contributed by atoms with van der Waals surface area (Å²) >= 11 is 7.62. The zero-order chi connectivity index (χ0) is 29.4. The maximum Gasteiger partial charge on any atom is 0.307 e. The fraction of sp³-hybridized carbons (Fsp3) is 0.290. The Kier molecular flexibility index (Phi) is 10.5. The van der Waals surface area contributed by atoms with Gasteiger partial charge in [-0.3, -0.25) is 4.79 Å². The molecule has 0 saturated heterocycles. The van der Waals surface area contributed by atoms with Crippen LogP contribution in [0, 0.1) is 19.8 Å². The van der Waals surface area contributed by atoms with Gasteiger partial charge in [0.05, 0.1) is 35.5 Å². The van der Waals surface area contributed by atoms with Gasteiger partial charge in [-0.25, -0.2) is 15.0 Å². The molecule has 0 saturated carbocycles. The van der Waals surface area contributed by atoms with E-state index in [1.165, 1.54) is 11.3 Å². The first kappa shape index (κ1) is 30.9. The summed E-state index contributed by atoms with van der Waals surface area (Å²) in [5.41, 5.74) is 5.60. The molecule has 4 aromatic rings. The number of terminal acetylenes is 1. The summed E-state index contributed by atoms with van der Waals surface area (Å²) in [6.07, 6.45) is 12.5. The van der Waals surface area contributed by atoms with Crippen LogP contribution in [-0.4, -0.2) is 49.9 Å². The van der Waals surface area contributed by atoms with Crippen molar-refractivity contribution in [1.29, 1.82) is 0 Å². The summed E-state index contributed by atoms with van der Waals surface area (Å²) < 4.78 is 6.33. The van der Waals surface area contributed by atoms with Crippen LogP contribution in [0.3, 0.4) is 0 Å². The lowest BCUT2D eigenvalue weighted by Gasteiger charge is -2.13. The third-order valence-electron chi connectivity index (χ3n) is 5.60. The van der Waals surface area contributed by atoms with Crippen molar-refractivity contribution < 1.29 is 19.7 Å². The summed E-state index contributed by atoms with van der Waals surface area (Å²) in [4.78, 5) is 25.7. The minimum Gasteiger partial charge on any atom is -0.481 e. The van der Waals surface area contributed by atoms with Crippen LogP contribution in [0.2, 0.25) is 5.02 Å². The first-order valence-corrected chi connectivity index (χ1v) is 13.8. The number of carboxylic acids is 1. The smallest absolute Gasteiger partial charge is 0.307 e. The Morgan fingerprint density at radius 1 is 1.15 bits per heavy atom. The lowest BCUT2D eigenvalue weighted by molar-refractivity contribution is -0.136. The molecule has 0 radical (unpaired) electrons. The average molecular weight is 578 g/mol. The fourth-order valence-electron chi connectivity index (χ4n) is 4.01. The molecule has 40 heavy (non-hydrogen) atoms. The second-order valence-electron chi connectivity index (χ2n) is 9.98. The number of aliphatic hydroxyl groups is 1. The van der Waals surface area contributed by atoms with E-state index < -0.39 is 11.6 Å². The van der Waals surface area contributed by atoms with Crippen LogP contribution in [0.4, 0.5) is 0 Å². The van der Waals surface area contributed by atoms with Crippen LogP contribution < -0.4 is 0 Å². The predicted molar refractivity (Wildman–Crippen MR) is 162 cm³/mol. The van der Waals surface area contributed by atoms with Gasteiger partial charge in [-0.15, -0.1) is 24.2 Å². The molecule has 0 amide bonds. The number of rotatable bonds is 5. The van der Waals surface area contributed by atoms with E-state index in [1.54, 1.807) is 27.0 Å². The number of aromatic nitrogens is 3. The maximum atomic E-state index is 11.6. The average Bonchev–Trinajstić information content (AvgIpc) is 3.34. The first-order chi connectivity index (χ1) is 19.0. The molecular formula is C31H32ClN3O4S. The van der Waals surface area contributed by atoms with Crippen molar-refractivity contribution in [3.8, 4) is 34.7 Å². The number of halogens is 1. The summed E-state index contributed by atoms with van der Waals surface area (Å²) in [6, 6.07) is 11.3. The quantitative estimate of drug-likeness (QED) is 0.250. The van der Waals surface area contributed by atoms with E-state index in [-0.39, 0.29) is 6.42 Å². The van der Waals surface area contributed by atoms with Crippen LogP contribution in [0.5, 0.6) is 0 Å². The Bertz CT molecular complexity index is 1530. The number of hydrogen-bond acceptors (Lipinski definition) is 7. The van der Waals surface area contributed by atoms with Gasteiger partial charge in [-0.2, -0.15) is 0 Å². The summed E-state index contributed by atoms with van der Waals surface area (Å²) in [5, 5.41) is 19.5. The van der Waals surface area contributed by atoms with E-state index >= 15 is 0 Å². The number of benzene rings is 2. The summed E-state index contributed by atoms with van der Waals surface area (Å²) in [6.45, 7) is 8.39. The van der Waals surface area contributed by atoms with Crippen molar-refractivity contribution in [3.63, 3.8) is 0 Å². The number of fused-ring (bicyclic) bond motifs is 1. The molecule has 3 heterocycles. The Hall–Kier alpha value is -3.61. The first-order valence-electron chi connectivity index (χ1n) is 12.6. The second-order valence-corrected chi connectivity index (χ2v) is 11.4. The molecule has 1 aliphatic rings.